The van der Waals surface area contributed by atoms with Crippen LogP contribution in [-0.4, -0.2) is 32.0 Å². The highest BCUT2D eigenvalue weighted by Crippen LogP contribution is 2.30. The average molecular weight is 453 g/mol. The van der Waals surface area contributed by atoms with E-state index in [4.69, 9.17) is 11.6 Å². The Kier molecular flexibility index (Phi) is 6.79. The maximum absolute atomic E-state index is 12.9. The number of amides is 1. The molecule has 0 aromatic carbocycles. The van der Waals surface area contributed by atoms with Crippen LogP contribution in [0.2, 0.25) is 5.02 Å². The lowest BCUT2D eigenvalue weighted by atomic mass is 10.3. The smallest absolute Gasteiger partial charge is 0.283 e. The Morgan fingerprint density at radius 3 is 2.42 bits per heavy atom. The summed E-state index contributed by atoms with van der Waals surface area (Å²) in [5.41, 5.74) is 1.79. The monoisotopic (exact) mass is 451 g/mol. The van der Waals surface area contributed by atoms with Crippen LogP contribution in [0.15, 0.2) is 4.47 Å². The van der Waals surface area contributed by atoms with Gasteiger partial charge in [-0.2, -0.15) is 10.2 Å². The van der Waals surface area contributed by atoms with E-state index in [9.17, 15) is 13.6 Å². The Morgan fingerprint density at radius 2 is 1.92 bits per heavy atom. The molecule has 2 rings (SSSR count). The largest absolute Gasteiger partial charge is 0.354 e. The lowest BCUT2D eigenvalue weighted by molar-refractivity contribution is -0.124. The van der Waals surface area contributed by atoms with Crippen LogP contribution in [0.25, 0.3) is 0 Å². The number of hydrogen-bond donors (Lipinski definition) is 1. The molecule has 6 nitrogen and oxygen atoms in total. The van der Waals surface area contributed by atoms with Crippen LogP contribution < -0.4 is 5.32 Å². The number of alkyl halides is 2. The van der Waals surface area contributed by atoms with E-state index in [1.54, 1.807) is 18.5 Å². The second kappa shape index (κ2) is 8.47. The summed E-state index contributed by atoms with van der Waals surface area (Å²) in [5, 5.41) is 11.6. The van der Waals surface area contributed by atoms with Gasteiger partial charge in [0, 0.05) is 13.1 Å². The highest BCUT2D eigenvalue weighted by Gasteiger charge is 2.25. The normalized spacial score (nSPS) is 12.7. The summed E-state index contributed by atoms with van der Waals surface area (Å²) in [4.78, 5) is 12.3. The number of halogens is 4. The third kappa shape index (κ3) is 4.25. The highest BCUT2D eigenvalue weighted by atomic mass is 79.9. The zero-order valence-electron chi connectivity index (χ0n) is 15.0. The Bertz CT molecular complexity index is 805. The Balaban J connectivity index is 1.91. The van der Waals surface area contributed by atoms with E-state index in [-0.39, 0.29) is 16.1 Å². The fourth-order valence-electron chi connectivity index (χ4n) is 2.63. The maximum atomic E-state index is 12.9. The van der Waals surface area contributed by atoms with Crippen molar-refractivity contribution in [1.82, 2.24) is 24.9 Å². The van der Waals surface area contributed by atoms with Crippen LogP contribution in [0.3, 0.4) is 0 Å². The molecule has 1 N–H and O–H groups in total. The summed E-state index contributed by atoms with van der Waals surface area (Å²) in [7, 11) is 0. The fraction of sp³-hybridized carbons (Fsp3) is 0.562. The summed E-state index contributed by atoms with van der Waals surface area (Å²) in [5.74, 6) is -0.282. The molecule has 0 aliphatic rings. The molecule has 0 radical (unpaired) electrons. The molecule has 1 atom stereocenters. The summed E-state index contributed by atoms with van der Waals surface area (Å²) in [6.07, 6.45) is -2.03. The van der Waals surface area contributed by atoms with Crippen molar-refractivity contribution in [1.29, 1.82) is 0 Å². The third-order valence-corrected chi connectivity index (χ3v) is 5.72. The van der Waals surface area contributed by atoms with Gasteiger partial charge in [0.15, 0.2) is 0 Å². The molecule has 0 bridgehead atoms. The first-order chi connectivity index (χ1) is 12.1. The fourth-order valence-corrected chi connectivity index (χ4v) is 3.20. The molecule has 0 saturated heterocycles. The molecule has 10 heteroatoms. The lowest BCUT2D eigenvalue weighted by Gasteiger charge is -2.14. The minimum atomic E-state index is -2.70. The number of aryl methyl sites for hydroxylation is 2. The number of hydrogen-bond acceptors (Lipinski definition) is 3. The minimum Gasteiger partial charge on any atom is -0.354 e. The molecule has 1 amide bonds. The first-order valence-corrected chi connectivity index (χ1v) is 9.32. The molecule has 26 heavy (non-hydrogen) atoms. The SMILES string of the molecule is Cc1nn(CCCNC(=O)[C@H](C)n2nc(C(F)F)c(Br)c2C)c(C)c1Cl. The lowest BCUT2D eigenvalue weighted by Crippen LogP contribution is -2.33. The van der Waals surface area contributed by atoms with Crippen molar-refractivity contribution in [2.45, 2.75) is 53.1 Å². The van der Waals surface area contributed by atoms with E-state index >= 15 is 0 Å². The van der Waals surface area contributed by atoms with Gasteiger partial charge in [-0.25, -0.2) is 8.78 Å². The third-order valence-electron chi connectivity index (χ3n) is 4.19. The Hall–Kier alpha value is -1.48. The van der Waals surface area contributed by atoms with Crippen LogP contribution >= 0.6 is 27.5 Å². The van der Waals surface area contributed by atoms with Crippen LogP contribution in [0.5, 0.6) is 0 Å². The quantitative estimate of drug-likeness (QED) is 0.643. The van der Waals surface area contributed by atoms with E-state index in [0.717, 1.165) is 11.4 Å². The zero-order chi connectivity index (χ0) is 19.6. The van der Waals surface area contributed by atoms with Crippen LogP contribution in [-0.2, 0) is 11.3 Å². The zero-order valence-corrected chi connectivity index (χ0v) is 17.3. The molecule has 2 aromatic heterocycles. The second-order valence-corrected chi connectivity index (χ2v) is 7.23. The second-order valence-electron chi connectivity index (χ2n) is 6.06. The van der Waals surface area contributed by atoms with Gasteiger partial charge < -0.3 is 5.32 Å². The van der Waals surface area contributed by atoms with Crippen molar-refractivity contribution >= 4 is 33.4 Å². The summed E-state index contributed by atoms with van der Waals surface area (Å²) >= 11 is 9.21. The molecule has 0 spiro atoms. The molecule has 0 aliphatic heterocycles. The van der Waals surface area contributed by atoms with Crippen molar-refractivity contribution in [3.05, 3.63) is 32.3 Å². The van der Waals surface area contributed by atoms with Crippen LogP contribution in [0, 0.1) is 20.8 Å². The number of aromatic nitrogens is 4. The Morgan fingerprint density at radius 1 is 1.27 bits per heavy atom. The summed E-state index contributed by atoms with van der Waals surface area (Å²) < 4.78 is 29.2. The molecular formula is C16H21BrClF2N5O. The first kappa shape index (κ1) is 20.8. The molecular weight excluding hydrogens is 432 g/mol. The Labute approximate surface area is 164 Å². The van der Waals surface area contributed by atoms with E-state index in [2.05, 4.69) is 31.4 Å². The van der Waals surface area contributed by atoms with Gasteiger partial charge in [0.2, 0.25) is 5.91 Å². The molecule has 2 heterocycles. The molecule has 0 aliphatic carbocycles. The molecule has 0 fully saturated rings. The number of nitrogens with zero attached hydrogens (tertiary/aromatic N) is 4. The van der Waals surface area contributed by atoms with Gasteiger partial charge in [-0.3, -0.25) is 14.2 Å². The van der Waals surface area contributed by atoms with E-state index in [1.807, 2.05) is 13.8 Å². The molecule has 144 valence electrons. The standard InChI is InChI=1S/C16H21BrClF2N5O/c1-8-13(18)10(3)24(22-8)7-5-6-21-16(26)11(4)25-9(2)12(17)14(23-25)15(19)20/h11,15H,5-7H2,1-4H3,(H,21,26)/t11-/m0/s1. The van der Waals surface area contributed by atoms with Crippen molar-refractivity contribution in [2.24, 2.45) is 0 Å². The van der Waals surface area contributed by atoms with E-state index in [0.29, 0.717) is 30.2 Å². The maximum Gasteiger partial charge on any atom is 0.283 e. The van der Waals surface area contributed by atoms with Gasteiger partial charge in [-0.15, -0.1) is 0 Å². The molecule has 0 unspecified atom stereocenters. The predicted molar refractivity (Wildman–Crippen MR) is 98.7 cm³/mol. The summed E-state index contributed by atoms with van der Waals surface area (Å²) in [6.45, 7) is 8.05. The number of carbonyl (C=O) groups excluding carboxylic acids is 1. The number of carbonyl (C=O) groups is 1. The van der Waals surface area contributed by atoms with Crippen molar-refractivity contribution in [2.75, 3.05) is 6.54 Å². The van der Waals surface area contributed by atoms with Crippen molar-refractivity contribution in [3.63, 3.8) is 0 Å². The van der Waals surface area contributed by atoms with Gasteiger partial charge in [0.1, 0.15) is 11.7 Å². The molecule has 0 saturated carbocycles. The van der Waals surface area contributed by atoms with Gasteiger partial charge in [0.05, 0.1) is 26.6 Å². The van der Waals surface area contributed by atoms with Crippen molar-refractivity contribution < 1.29 is 13.6 Å². The van der Waals surface area contributed by atoms with Crippen LogP contribution in [0.4, 0.5) is 8.78 Å². The average Bonchev–Trinajstić information content (AvgIpc) is 3.02. The number of nitrogens with one attached hydrogen (secondary N) is 1. The van der Waals surface area contributed by atoms with Gasteiger partial charge in [-0.05, 0) is 50.0 Å². The van der Waals surface area contributed by atoms with Gasteiger partial charge in [-0.1, -0.05) is 11.6 Å². The topological polar surface area (TPSA) is 64.7 Å². The van der Waals surface area contributed by atoms with Gasteiger partial charge >= 0.3 is 0 Å². The molecule has 2 aromatic rings. The first-order valence-electron chi connectivity index (χ1n) is 8.15. The van der Waals surface area contributed by atoms with Crippen LogP contribution in [0.1, 0.15) is 48.6 Å². The predicted octanol–water partition coefficient (Wildman–Crippen LogP) is 4.13. The minimum absolute atomic E-state index is 0.230. The van der Waals surface area contributed by atoms with Crippen molar-refractivity contribution in [3.8, 4) is 0 Å². The van der Waals surface area contributed by atoms with E-state index < -0.39 is 12.5 Å². The highest BCUT2D eigenvalue weighted by molar-refractivity contribution is 9.10. The summed E-state index contributed by atoms with van der Waals surface area (Å²) in [6, 6.07) is -0.693. The van der Waals surface area contributed by atoms with Gasteiger partial charge in [0.25, 0.3) is 6.43 Å². The van der Waals surface area contributed by atoms with E-state index in [1.165, 1.54) is 4.68 Å². The number of rotatable bonds is 7.